The van der Waals surface area contributed by atoms with E-state index >= 15 is 0 Å². The molecule has 1 heterocycles. The lowest BCUT2D eigenvalue weighted by atomic mass is 10.1. The van der Waals surface area contributed by atoms with E-state index in [0.29, 0.717) is 6.54 Å². The maximum Gasteiger partial charge on any atom is 0.0632 e. The number of pyridine rings is 1. The van der Waals surface area contributed by atoms with Gasteiger partial charge >= 0.3 is 0 Å². The van der Waals surface area contributed by atoms with E-state index in [2.05, 4.69) is 16.8 Å². The number of nitrogens with two attached hydrogens (primary N) is 1. The molecule has 0 amide bonds. The zero-order valence-corrected chi connectivity index (χ0v) is 11.3. The maximum absolute atomic E-state index is 9.21. The summed E-state index contributed by atoms with van der Waals surface area (Å²) in [7, 11) is 0. The van der Waals surface area contributed by atoms with Gasteiger partial charge in [0.1, 0.15) is 0 Å². The highest BCUT2D eigenvalue weighted by Crippen LogP contribution is 2.31. The predicted molar refractivity (Wildman–Crippen MR) is 80.4 cm³/mol. The molecule has 102 valence electrons. The molecule has 0 bridgehead atoms. The molecule has 0 atom stereocenters. The summed E-state index contributed by atoms with van der Waals surface area (Å²) >= 11 is 0. The summed E-state index contributed by atoms with van der Waals surface area (Å²) in [5.41, 5.74) is 8.04. The number of rotatable bonds is 6. The van der Waals surface area contributed by atoms with Gasteiger partial charge in [0.15, 0.2) is 0 Å². The minimum absolute atomic E-state index is 0.136. The summed E-state index contributed by atoms with van der Waals surface area (Å²) in [6.45, 7) is 3.82. The minimum atomic E-state index is 0.136. The summed E-state index contributed by atoms with van der Waals surface area (Å²) in [4.78, 5) is 6.26. The molecule has 3 N–H and O–H groups in total. The van der Waals surface area contributed by atoms with Gasteiger partial charge in [0, 0.05) is 36.3 Å². The van der Waals surface area contributed by atoms with Crippen LogP contribution in [-0.4, -0.2) is 29.8 Å². The molecule has 0 saturated carbocycles. The van der Waals surface area contributed by atoms with Gasteiger partial charge in [-0.1, -0.05) is 19.4 Å². The van der Waals surface area contributed by atoms with Crippen molar-refractivity contribution in [1.82, 2.24) is 4.98 Å². The first-order valence-corrected chi connectivity index (χ1v) is 6.76. The van der Waals surface area contributed by atoms with Crippen LogP contribution < -0.4 is 10.6 Å². The van der Waals surface area contributed by atoms with Crippen LogP contribution in [0.2, 0.25) is 0 Å². The van der Waals surface area contributed by atoms with Crippen molar-refractivity contribution in [3.8, 4) is 0 Å². The summed E-state index contributed by atoms with van der Waals surface area (Å²) < 4.78 is 0. The Morgan fingerprint density at radius 2 is 2.11 bits per heavy atom. The van der Waals surface area contributed by atoms with Crippen LogP contribution in [0, 0.1) is 0 Å². The highest BCUT2D eigenvalue weighted by atomic mass is 16.3. The van der Waals surface area contributed by atoms with Gasteiger partial charge in [-0.2, -0.15) is 0 Å². The topological polar surface area (TPSA) is 62.4 Å². The van der Waals surface area contributed by atoms with E-state index in [-0.39, 0.29) is 6.61 Å². The molecule has 0 spiro atoms. The molecular weight excluding hydrogens is 238 g/mol. The fraction of sp³-hybridized carbons (Fsp3) is 0.400. The Labute approximate surface area is 113 Å². The first-order chi connectivity index (χ1) is 9.27. The van der Waals surface area contributed by atoms with Gasteiger partial charge in [-0.15, -0.1) is 0 Å². The Morgan fingerprint density at radius 1 is 1.26 bits per heavy atom. The highest BCUT2D eigenvalue weighted by Gasteiger charge is 2.11. The van der Waals surface area contributed by atoms with Crippen molar-refractivity contribution < 1.29 is 5.11 Å². The predicted octanol–water partition coefficient (Wildman–Crippen LogP) is 2.42. The summed E-state index contributed by atoms with van der Waals surface area (Å²) in [6.07, 6.45) is 5.79. The first-order valence-electron chi connectivity index (χ1n) is 6.76. The van der Waals surface area contributed by atoms with Gasteiger partial charge in [-0.3, -0.25) is 4.98 Å². The highest BCUT2D eigenvalue weighted by molar-refractivity contribution is 5.98. The molecule has 0 radical (unpaired) electrons. The molecule has 0 fully saturated rings. The number of hydrogen-bond donors (Lipinski definition) is 2. The zero-order chi connectivity index (χ0) is 13.7. The molecule has 4 heteroatoms. The van der Waals surface area contributed by atoms with E-state index in [1.807, 2.05) is 24.4 Å². The van der Waals surface area contributed by atoms with Gasteiger partial charge in [0.25, 0.3) is 0 Å². The standard InChI is InChI=1S/C15H21N3O/c1-2-3-8-18(9-10-19)14-5-4-12-11-17-7-6-13(12)15(14)16/h4-7,11,19H,2-3,8-10,16H2,1H3. The minimum Gasteiger partial charge on any atom is -0.397 e. The van der Waals surface area contributed by atoms with Crippen LogP contribution >= 0.6 is 0 Å². The van der Waals surface area contributed by atoms with Crippen molar-refractivity contribution in [1.29, 1.82) is 0 Å². The van der Waals surface area contributed by atoms with Crippen molar-refractivity contribution in [3.63, 3.8) is 0 Å². The smallest absolute Gasteiger partial charge is 0.0632 e. The molecule has 1 aromatic heterocycles. The van der Waals surface area contributed by atoms with E-state index in [9.17, 15) is 5.11 Å². The fourth-order valence-corrected chi connectivity index (χ4v) is 2.28. The van der Waals surface area contributed by atoms with E-state index in [1.165, 1.54) is 0 Å². The van der Waals surface area contributed by atoms with Gasteiger partial charge in [0.2, 0.25) is 0 Å². The molecule has 0 aliphatic heterocycles. The normalized spacial score (nSPS) is 10.8. The number of nitrogens with zero attached hydrogens (tertiary/aromatic N) is 2. The summed E-state index contributed by atoms with van der Waals surface area (Å²) in [5.74, 6) is 0. The van der Waals surface area contributed by atoms with Crippen LogP contribution in [0.15, 0.2) is 30.6 Å². The third-order valence-corrected chi connectivity index (χ3v) is 3.33. The summed E-state index contributed by atoms with van der Waals surface area (Å²) in [6, 6.07) is 5.99. The number of aromatic nitrogens is 1. The number of fused-ring (bicyclic) bond motifs is 1. The van der Waals surface area contributed by atoms with Crippen molar-refractivity contribution in [2.45, 2.75) is 19.8 Å². The third-order valence-electron chi connectivity index (χ3n) is 3.33. The van der Waals surface area contributed by atoms with Gasteiger partial charge in [-0.25, -0.2) is 0 Å². The molecule has 19 heavy (non-hydrogen) atoms. The van der Waals surface area contributed by atoms with Crippen LogP contribution in [0.4, 0.5) is 11.4 Å². The molecule has 0 aliphatic rings. The Bertz CT molecular complexity index is 542. The van der Waals surface area contributed by atoms with Gasteiger partial charge in [0.05, 0.1) is 18.0 Å². The largest absolute Gasteiger partial charge is 0.397 e. The number of hydrogen-bond acceptors (Lipinski definition) is 4. The average molecular weight is 259 g/mol. The third kappa shape index (κ3) is 2.96. The number of aliphatic hydroxyl groups excluding tert-OH is 1. The Morgan fingerprint density at radius 3 is 2.84 bits per heavy atom. The number of nitrogen functional groups attached to an aromatic ring is 1. The molecule has 4 nitrogen and oxygen atoms in total. The Balaban J connectivity index is 2.38. The van der Waals surface area contributed by atoms with E-state index in [1.54, 1.807) is 6.20 Å². The van der Waals surface area contributed by atoms with Crippen LogP contribution in [0.5, 0.6) is 0 Å². The second-order valence-electron chi connectivity index (χ2n) is 4.66. The van der Waals surface area contributed by atoms with E-state index < -0.39 is 0 Å². The number of anilines is 2. The molecular formula is C15H21N3O. The lowest BCUT2D eigenvalue weighted by Crippen LogP contribution is -2.28. The second kappa shape index (κ2) is 6.38. The molecule has 0 saturated heterocycles. The first kappa shape index (κ1) is 13.6. The molecule has 2 aromatic rings. The van der Waals surface area contributed by atoms with Gasteiger partial charge in [-0.05, 0) is 18.6 Å². The van der Waals surface area contributed by atoms with Crippen LogP contribution in [0.25, 0.3) is 10.8 Å². The zero-order valence-electron chi connectivity index (χ0n) is 11.3. The number of benzene rings is 1. The Kier molecular flexibility index (Phi) is 4.58. The van der Waals surface area contributed by atoms with Crippen molar-refractivity contribution in [3.05, 3.63) is 30.6 Å². The van der Waals surface area contributed by atoms with Crippen molar-refractivity contribution in [2.24, 2.45) is 0 Å². The lowest BCUT2D eigenvalue weighted by Gasteiger charge is -2.26. The Hall–Kier alpha value is -1.81. The molecule has 0 aliphatic carbocycles. The monoisotopic (exact) mass is 259 g/mol. The quantitative estimate of drug-likeness (QED) is 0.782. The SMILES string of the molecule is CCCCN(CCO)c1ccc2cnccc2c1N. The molecule has 2 rings (SSSR count). The average Bonchev–Trinajstić information content (AvgIpc) is 2.44. The van der Waals surface area contributed by atoms with Crippen molar-refractivity contribution in [2.75, 3.05) is 30.3 Å². The van der Waals surface area contributed by atoms with E-state index in [4.69, 9.17) is 5.73 Å². The van der Waals surface area contributed by atoms with E-state index in [0.717, 1.165) is 41.5 Å². The maximum atomic E-state index is 9.21. The van der Waals surface area contributed by atoms with Gasteiger partial charge < -0.3 is 15.7 Å². The number of unbranched alkanes of at least 4 members (excludes halogenated alkanes) is 1. The molecule has 1 aromatic carbocycles. The number of aliphatic hydroxyl groups is 1. The van der Waals surface area contributed by atoms with Crippen LogP contribution in [0.3, 0.4) is 0 Å². The van der Waals surface area contributed by atoms with Crippen LogP contribution in [-0.2, 0) is 0 Å². The van der Waals surface area contributed by atoms with Crippen molar-refractivity contribution >= 4 is 22.1 Å². The summed E-state index contributed by atoms with van der Waals surface area (Å²) in [5, 5.41) is 11.3. The molecule has 0 unspecified atom stereocenters. The second-order valence-corrected chi connectivity index (χ2v) is 4.66. The fourth-order valence-electron chi connectivity index (χ4n) is 2.28. The van der Waals surface area contributed by atoms with Crippen LogP contribution in [0.1, 0.15) is 19.8 Å². The lowest BCUT2D eigenvalue weighted by molar-refractivity contribution is 0.301.